The fraction of sp³-hybridized carbons (Fsp3) is 0.538. The Labute approximate surface area is 98.6 Å². The molecular weight excluding hydrogens is 223 g/mol. The van der Waals surface area contributed by atoms with Gasteiger partial charge in [-0.15, -0.1) is 0 Å². The zero-order chi connectivity index (χ0) is 10.5. The molecule has 1 unspecified atom stereocenters. The van der Waals surface area contributed by atoms with E-state index < -0.39 is 0 Å². The third-order valence-electron chi connectivity index (χ3n) is 3.15. The Morgan fingerprint density at radius 1 is 1.07 bits per heavy atom. The normalized spacial score (nSPS) is 20.1. The first-order chi connectivity index (χ1) is 7.36. The van der Waals surface area contributed by atoms with Gasteiger partial charge in [0.05, 0.1) is 0 Å². The van der Waals surface area contributed by atoms with Gasteiger partial charge >= 0.3 is 0 Å². The maximum absolute atomic E-state index is 6.56. The molecule has 0 bridgehead atoms. The van der Waals surface area contributed by atoms with E-state index in [0.29, 0.717) is 0 Å². The highest BCUT2D eigenvalue weighted by atomic mass is 35.7. The van der Waals surface area contributed by atoms with Crippen LogP contribution in [0, 0.1) is 0 Å². The molecule has 0 aliphatic heterocycles. The van der Waals surface area contributed by atoms with Gasteiger partial charge in [0.2, 0.25) is 0 Å². The van der Waals surface area contributed by atoms with E-state index in [-0.39, 0.29) is 7.27 Å². The van der Waals surface area contributed by atoms with E-state index in [1.807, 2.05) is 0 Å². The molecule has 0 radical (unpaired) electrons. The summed E-state index contributed by atoms with van der Waals surface area (Å²) in [5.41, 5.74) is 2.22. The van der Waals surface area contributed by atoms with Crippen molar-refractivity contribution in [2.45, 2.75) is 43.9 Å². The van der Waals surface area contributed by atoms with Crippen LogP contribution in [0.2, 0.25) is 0 Å². The van der Waals surface area contributed by atoms with Gasteiger partial charge < -0.3 is 0 Å². The highest BCUT2D eigenvalue weighted by Gasteiger charge is 2.21. The van der Waals surface area contributed by atoms with Crippen molar-refractivity contribution in [1.29, 1.82) is 0 Å². The number of hydrogen-bond donors (Lipinski definition) is 0. The molecular formula is C13H18ClP. The molecule has 2 rings (SSSR count). The van der Waals surface area contributed by atoms with Gasteiger partial charge in [0.25, 0.3) is 0 Å². The minimum atomic E-state index is -0.303. The van der Waals surface area contributed by atoms with Gasteiger partial charge in [0.15, 0.2) is 0 Å². The topological polar surface area (TPSA) is 0 Å². The molecule has 0 N–H and O–H groups in total. The first-order valence-electron chi connectivity index (χ1n) is 5.82. The van der Waals surface area contributed by atoms with Crippen LogP contribution in [0.5, 0.6) is 0 Å². The van der Waals surface area contributed by atoms with E-state index in [9.17, 15) is 0 Å². The van der Waals surface area contributed by atoms with Crippen molar-refractivity contribution >= 4 is 18.5 Å². The maximum Gasteiger partial charge on any atom is 0.00684 e. The lowest BCUT2D eigenvalue weighted by molar-refractivity contribution is 0.512. The fourth-order valence-corrected chi connectivity index (χ4v) is 4.99. The number of halogens is 1. The van der Waals surface area contributed by atoms with Gasteiger partial charge in [0, 0.05) is 6.16 Å². The third kappa shape index (κ3) is 3.47. The number of hydrogen-bond acceptors (Lipinski definition) is 0. The highest BCUT2D eigenvalue weighted by molar-refractivity contribution is 7.83. The average molecular weight is 241 g/mol. The predicted octanol–water partition coefficient (Wildman–Crippen LogP) is 5.16. The van der Waals surface area contributed by atoms with Crippen molar-refractivity contribution in [3.8, 4) is 0 Å². The van der Waals surface area contributed by atoms with Gasteiger partial charge in [-0.25, -0.2) is 0 Å². The minimum absolute atomic E-state index is 0.303. The summed E-state index contributed by atoms with van der Waals surface area (Å²) in [6, 6.07) is 10.7. The molecule has 1 aromatic rings. The summed E-state index contributed by atoms with van der Waals surface area (Å²) in [7, 11) is -0.303. The molecule has 2 heteroatoms. The standard InChI is InChI=1S/C13H18ClP/c14-15(13-9-5-2-6-10-13)11-12-7-3-1-4-8-12/h1,3-4,7-8,13H,2,5-6,9-11H2. The Kier molecular flexibility index (Phi) is 4.47. The smallest absolute Gasteiger partial charge is 0.00684 e. The first kappa shape index (κ1) is 11.4. The van der Waals surface area contributed by atoms with E-state index in [2.05, 4.69) is 30.3 Å². The Hall–Kier alpha value is -0.0600. The van der Waals surface area contributed by atoms with Gasteiger partial charge in [-0.2, -0.15) is 0 Å². The summed E-state index contributed by atoms with van der Waals surface area (Å²) in [5, 5.41) is 0. The molecule has 0 nitrogen and oxygen atoms in total. The summed E-state index contributed by atoms with van der Waals surface area (Å²) in [5.74, 6) is 0. The van der Waals surface area contributed by atoms with Gasteiger partial charge in [-0.1, -0.05) is 60.8 Å². The lowest BCUT2D eigenvalue weighted by Gasteiger charge is -2.26. The second kappa shape index (κ2) is 5.87. The molecule has 0 heterocycles. The average Bonchev–Trinajstić information content (AvgIpc) is 2.31. The fourth-order valence-electron chi connectivity index (χ4n) is 2.25. The van der Waals surface area contributed by atoms with Crippen LogP contribution in [0.4, 0.5) is 0 Å². The Morgan fingerprint density at radius 2 is 1.73 bits per heavy atom. The van der Waals surface area contributed by atoms with E-state index in [4.69, 9.17) is 11.2 Å². The largest absolute Gasteiger partial charge is 0.0958 e. The molecule has 1 saturated carbocycles. The summed E-state index contributed by atoms with van der Waals surface area (Å²) in [6.45, 7) is 0. The molecule has 0 aromatic heterocycles. The summed E-state index contributed by atoms with van der Waals surface area (Å²) < 4.78 is 0. The van der Waals surface area contributed by atoms with Crippen molar-refractivity contribution in [3.05, 3.63) is 35.9 Å². The molecule has 1 aliphatic carbocycles. The minimum Gasteiger partial charge on any atom is -0.0958 e. The van der Waals surface area contributed by atoms with E-state index in [1.165, 1.54) is 37.7 Å². The van der Waals surface area contributed by atoms with Gasteiger partial charge in [0.1, 0.15) is 0 Å². The Morgan fingerprint density at radius 3 is 2.40 bits per heavy atom. The quantitative estimate of drug-likeness (QED) is 0.641. The Balaban J connectivity index is 1.88. The molecule has 1 aliphatic rings. The van der Waals surface area contributed by atoms with Crippen molar-refractivity contribution in [2.75, 3.05) is 0 Å². The summed E-state index contributed by atoms with van der Waals surface area (Å²) >= 11 is 6.56. The molecule has 1 aromatic carbocycles. The third-order valence-corrected chi connectivity index (χ3v) is 6.31. The van der Waals surface area contributed by atoms with E-state index in [1.54, 1.807) is 0 Å². The van der Waals surface area contributed by atoms with Crippen LogP contribution in [0.3, 0.4) is 0 Å². The SMILES string of the molecule is ClP(Cc1ccccc1)C1CCCCC1. The number of benzene rings is 1. The maximum atomic E-state index is 6.56. The van der Waals surface area contributed by atoms with E-state index in [0.717, 1.165) is 11.8 Å². The van der Waals surface area contributed by atoms with Crippen molar-refractivity contribution in [3.63, 3.8) is 0 Å². The van der Waals surface area contributed by atoms with Crippen molar-refractivity contribution < 1.29 is 0 Å². The Bertz CT molecular complexity index is 280. The molecule has 0 saturated heterocycles. The molecule has 82 valence electrons. The zero-order valence-electron chi connectivity index (χ0n) is 9.03. The van der Waals surface area contributed by atoms with Crippen LogP contribution in [0.25, 0.3) is 0 Å². The van der Waals surface area contributed by atoms with Crippen LogP contribution in [-0.2, 0) is 6.16 Å². The van der Waals surface area contributed by atoms with Gasteiger partial charge in [-0.3, -0.25) is 0 Å². The van der Waals surface area contributed by atoms with Crippen LogP contribution < -0.4 is 0 Å². The lowest BCUT2D eigenvalue weighted by atomic mass is 10.0. The highest BCUT2D eigenvalue weighted by Crippen LogP contribution is 2.54. The van der Waals surface area contributed by atoms with Crippen LogP contribution in [0.1, 0.15) is 37.7 Å². The monoisotopic (exact) mass is 240 g/mol. The second-order valence-corrected chi connectivity index (χ2v) is 7.48. The van der Waals surface area contributed by atoms with Crippen molar-refractivity contribution in [1.82, 2.24) is 0 Å². The lowest BCUT2D eigenvalue weighted by Crippen LogP contribution is -2.09. The first-order valence-corrected chi connectivity index (χ1v) is 8.33. The predicted molar refractivity (Wildman–Crippen MR) is 69.8 cm³/mol. The van der Waals surface area contributed by atoms with Crippen LogP contribution >= 0.6 is 18.5 Å². The van der Waals surface area contributed by atoms with Gasteiger partial charge in [-0.05, 0) is 31.3 Å². The molecule has 0 spiro atoms. The molecule has 0 amide bonds. The second-order valence-electron chi connectivity index (χ2n) is 4.34. The van der Waals surface area contributed by atoms with E-state index >= 15 is 0 Å². The number of rotatable bonds is 3. The van der Waals surface area contributed by atoms with Crippen molar-refractivity contribution in [2.24, 2.45) is 0 Å². The van der Waals surface area contributed by atoms with Crippen LogP contribution in [-0.4, -0.2) is 5.66 Å². The molecule has 1 atom stereocenters. The summed E-state index contributed by atoms with van der Waals surface area (Å²) in [6.07, 6.45) is 8.03. The summed E-state index contributed by atoms with van der Waals surface area (Å²) in [4.78, 5) is 0. The van der Waals surface area contributed by atoms with Crippen LogP contribution in [0.15, 0.2) is 30.3 Å². The molecule has 15 heavy (non-hydrogen) atoms. The molecule has 1 fully saturated rings. The zero-order valence-corrected chi connectivity index (χ0v) is 10.7.